The van der Waals surface area contributed by atoms with Gasteiger partial charge in [0.05, 0.1) is 6.20 Å². The number of anilines is 2. The molecule has 1 fully saturated rings. The van der Waals surface area contributed by atoms with E-state index >= 15 is 0 Å². The van der Waals surface area contributed by atoms with Crippen LogP contribution in [0.3, 0.4) is 0 Å². The molecule has 0 amide bonds. The normalized spacial score (nSPS) is 13.8. The molecule has 5 rings (SSSR count). The fourth-order valence-corrected chi connectivity index (χ4v) is 3.19. The number of benzene rings is 1. The standard InChI is InChI=1S/C20H19N7/c21-11-13-1-3-15(4-2-13)24-20-23-12-17-19(26-20)27(16-5-6-16)18(25-17)14-7-9-22-10-8-14/h1-4,7-10,12,16H,5-6,11,21H2,(H,23,24,26). The van der Waals surface area contributed by atoms with Crippen molar-refractivity contribution in [2.45, 2.75) is 25.4 Å². The van der Waals surface area contributed by atoms with Crippen molar-refractivity contribution in [3.05, 3.63) is 60.6 Å². The molecule has 0 spiro atoms. The molecule has 27 heavy (non-hydrogen) atoms. The van der Waals surface area contributed by atoms with Crippen LogP contribution in [-0.2, 0) is 6.54 Å². The Morgan fingerprint density at radius 1 is 1.04 bits per heavy atom. The van der Waals surface area contributed by atoms with E-state index in [9.17, 15) is 0 Å². The second kappa shape index (κ2) is 6.44. The lowest BCUT2D eigenvalue weighted by Crippen LogP contribution is -2.02. The molecule has 0 atom stereocenters. The average molecular weight is 357 g/mol. The molecule has 3 aromatic heterocycles. The Balaban J connectivity index is 1.55. The van der Waals surface area contributed by atoms with Gasteiger partial charge >= 0.3 is 0 Å². The molecule has 0 aliphatic heterocycles. The number of aromatic nitrogens is 5. The molecule has 3 N–H and O–H groups in total. The van der Waals surface area contributed by atoms with Gasteiger partial charge in [0.1, 0.15) is 11.3 Å². The summed E-state index contributed by atoms with van der Waals surface area (Å²) in [6.45, 7) is 0.529. The lowest BCUT2D eigenvalue weighted by molar-refractivity contribution is 0.766. The Kier molecular flexibility index (Phi) is 3.79. The van der Waals surface area contributed by atoms with Gasteiger partial charge in [-0.25, -0.2) is 9.97 Å². The molecule has 0 unspecified atom stereocenters. The molecule has 7 heteroatoms. The van der Waals surface area contributed by atoms with Crippen LogP contribution in [0.25, 0.3) is 22.6 Å². The highest BCUT2D eigenvalue weighted by Gasteiger charge is 2.29. The Labute approximate surface area is 156 Å². The second-order valence-electron chi connectivity index (χ2n) is 6.70. The summed E-state index contributed by atoms with van der Waals surface area (Å²) >= 11 is 0. The molecule has 4 aromatic rings. The third-order valence-corrected chi connectivity index (χ3v) is 4.73. The van der Waals surface area contributed by atoms with Crippen LogP contribution in [-0.4, -0.2) is 24.5 Å². The Morgan fingerprint density at radius 2 is 1.81 bits per heavy atom. The Hall–Kier alpha value is -3.32. The van der Waals surface area contributed by atoms with Gasteiger partial charge in [-0.2, -0.15) is 4.98 Å². The van der Waals surface area contributed by atoms with E-state index < -0.39 is 0 Å². The maximum Gasteiger partial charge on any atom is 0.229 e. The van der Waals surface area contributed by atoms with Crippen LogP contribution < -0.4 is 11.1 Å². The van der Waals surface area contributed by atoms with Gasteiger partial charge in [-0.05, 0) is 42.7 Å². The van der Waals surface area contributed by atoms with E-state index in [1.54, 1.807) is 18.6 Å². The van der Waals surface area contributed by atoms with Crippen molar-refractivity contribution in [3.8, 4) is 11.4 Å². The SMILES string of the molecule is NCc1ccc(Nc2ncc3nc(-c4ccncc4)n(C4CC4)c3n2)cc1. The quantitative estimate of drug-likeness (QED) is 0.568. The number of nitrogens with one attached hydrogen (secondary N) is 1. The maximum absolute atomic E-state index is 5.66. The smallest absolute Gasteiger partial charge is 0.229 e. The summed E-state index contributed by atoms with van der Waals surface area (Å²) in [5, 5.41) is 3.27. The van der Waals surface area contributed by atoms with Crippen molar-refractivity contribution in [1.29, 1.82) is 0 Å². The van der Waals surface area contributed by atoms with Gasteiger partial charge in [0, 0.05) is 36.2 Å². The van der Waals surface area contributed by atoms with Crippen LogP contribution in [0, 0.1) is 0 Å². The van der Waals surface area contributed by atoms with Crippen molar-refractivity contribution in [3.63, 3.8) is 0 Å². The molecule has 1 aromatic carbocycles. The van der Waals surface area contributed by atoms with Crippen LogP contribution in [0.5, 0.6) is 0 Å². The molecule has 0 saturated heterocycles. The van der Waals surface area contributed by atoms with Gasteiger partial charge in [-0.15, -0.1) is 0 Å². The zero-order valence-corrected chi connectivity index (χ0v) is 14.7. The lowest BCUT2D eigenvalue weighted by Gasteiger charge is -2.08. The first-order valence-corrected chi connectivity index (χ1v) is 9.03. The number of imidazole rings is 1. The number of rotatable bonds is 5. The largest absolute Gasteiger partial charge is 0.326 e. The third-order valence-electron chi connectivity index (χ3n) is 4.73. The second-order valence-corrected chi connectivity index (χ2v) is 6.70. The minimum absolute atomic E-state index is 0.449. The van der Waals surface area contributed by atoms with Crippen LogP contribution in [0.1, 0.15) is 24.4 Å². The third kappa shape index (κ3) is 3.02. The Morgan fingerprint density at radius 3 is 2.52 bits per heavy atom. The number of nitrogens with zero attached hydrogens (tertiary/aromatic N) is 5. The monoisotopic (exact) mass is 357 g/mol. The first-order chi connectivity index (χ1) is 13.3. The van der Waals surface area contributed by atoms with Crippen molar-refractivity contribution >= 4 is 22.8 Å². The number of fused-ring (bicyclic) bond motifs is 1. The zero-order chi connectivity index (χ0) is 18.2. The summed E-state index contributed by atoms with van der Waals surface area (Å²) in [5.74, 6) is 1.49. The summed E-state index contributed by atoms with van der Waals surface area (Å²) in [6, 6.07) is 12.4. The maximum atomic E-state index is 5.66. The fourth-order valence-electron chi connectivity index (χ4n) is 3.19. The van der Waals surface area contributed by atoms with Crippen molar-refractivity contribution in [1.82, 2.24) is 24.5 Å². The molecule has 1 aliphatic rings. The van der Waals surface area contributed by atoms with E-state index in [2.05, 4.69) is 19.9 Å². The topological polar surface area (TPSA) is 94.5 Å². The van der Waals surface area contributed by atoms with E-state index in [0.29, 0.717) is 18.5 Å². The molecular formula is C20H19N7. The zero-order valence-electron chi connectivity index (χ0n) is 14.7. The number of hydrogen-bond donors (Lipinski definition) is 2. The van der Waals surface area contributed by atoms with Gasteiger partial charge in [-0.3, -0.25) is 4.98 Å². The summed E-state index contributed by atoms with van der Waals surface area (Å²) in [6.07, 6.45) is 7.65. The summed E-state index contributed by atoms with van der Waals surface area (Å²) in [5.41, 5.74) is 10.4. The molecule has 1 aliphatic carbocycles. The van der Waals surface area contributed by atoms with Gasteiger partial charge in [-0.1, -0.05) is 12.1 Å². The van der Waals surface area contributed by atoms with Gasteiger partial charge < -0.3 is 15.6 Å². The number of pyridine rings is 1. The van der Waals surface area contributed by atoms with Crippen molar-refractivity contribution in [2.24, 2.45) is 5.73 Å². The van der Waals surface area contributed by atoms with Crippen LogP contribution in [0.15, 0.2) is 55.0 Å². The highest BCUT2D eigenvalue weighted by Crippen LogP contribution is 2.40. The predicted molar refractivity (Wildman–Crippen MR) is 104 cm³/mol. The van der Waals surface area contributed by atoms with E-state index in [0.717, 1.165) is 46.6 Å². The van der Waals surface area contributed by atoms with Crippen molar-refractivity contribution < 1.29 is 0 Å². The molecule has 0 bridgehead atoms. The minimum Gasteiger partial charge on any atom is -0.326 e. The first-order valence-electron chi connectivity index (χ1n) is 9.03. The molecule has 3 heterocycles. The Bertz CT molecular complexity index is 1080. The number of nitrogens with two attached hydrogens (primary N) is 1. The fraction of sp³-hybridized carbons (Fsp3) is 0.200. The number of hydrogen-bond acceptors (Lipinski definition) is 6. The van der Waals surface area contributed by atoms with Crippen LogP contribution in [0.4, 0.5) is 11.6 Å². The highest BCUT2D eigenvalue weighted by atomic mass is 15.2. The summed E-state index contributed by atoms with van der Waals surface area (Å²) < 4.78 is 2.23. The van der Waals surface area contributed by atoms with Crippen molar-refractivity contribution in [2.75, 3.05) is 5.32 Å². The average Bonchev–Trinajstić information content (AvgIpc) is 3.49. The highest BCUT2D eigenvalue weighted by molar-refractivity contribution is 5.78. The molecule has 134 valence electrons. The minimum atomic E-state index is 0.449. The van der Waals surface area contributed by atoms with Crippen LogP contribution >= 0.6 is 0 Å². The van der Waals surface area contributed by atoms with Gasteiger partial charge in [0.25, 0.3) is 0 Å². The van der Waals surface area contributed by atoms with Crippen LogP contribution in [0.2, 0.25) is 0 Å². The van der Waals surface area contributed by atoms with Gasteiger partial charge in [0.15, 0.2) is 5.65 Å². The van der Waals surface area contributed by atoms with E-state index in [4.69, 9.17) is 15.7 Å². The summed E-state index contributed by atoms with van der Waals surface area (Å²) in [7, 11) is 0. The first kappa shape index (κ1) is 15.9. The molecule has 7 nitrogen and oxygen atoms in total. The molecule has 1 saturated carbocycles. The summed E-state index contributed by atoms with van der Waals surface area (Å²) in [4.78, 5) is 18.1. The predicted octanol–water partition coefficient (Wildman–Crippen LogP) is 3.43. The van der Waals surface area contributed by atoms with Gasteiger partial charge in [0.2, 0.25) is 5.95 Å². The molecular weight excluding hydrogens is 338 g/mol. The molecule has 0 radical (unpaired) electrons. The van der Waals surface area contributed by atoms with E-state index in [-0.39, 0.29) is 0 Å². The lowest BCUT2D eigenvalue weighted by atomic mass is 10.2. The van der Waals surface area contributed by atoms with E-state index in [1.807, 2.05) is 36.4 Å². The van der Waals surface area contributed by atoms with E-state index in [1.165, 1.54) is 0 Å².